The predicted molar refractivity (Wildman–Crippen MR) is 132 cm³/mol. The summed E-state index contributed by atoms with van der Waals surface area (Å²) in [7, 11) is 0. The molecule has 3 aromatic carbocycles. The van der Waals surface area contributed by atoms with Crippen molar-refractivity contribution in [1.29, 1.82) is 0 Å². The van der Waals surface area contributed by atoms with E-state index in [1.54, 1.807) is 0 Å². The molecule has 0 radical (unpaired) electrons. The van der Waals surface area contributed by atoms with E-state index in [0.29, 0.717) is 24.5 Å². The summed E-state index contributed by atoms with van der Waals surface area (Å²) in [5, 5.41) is 22.6. The van der Waals surface area contributed by atoms with Crippen molar-refractivity contribution in [3.63, 3.8) is 0 Å². The van der Waals surface area contributed by atoms with E-state index < -0.39 is 24.0 Å². The molecular weight excluding hydrogens is 438 g/mol. The highest BCUT2D eigenvalue weighted by Gasteiger charge is 2.46. The molecule has 33 heavy (non-hydrogen) atoms. The summed E-state index contributed by atoms with van der Waals surface area (Å²) in [5.41, 5.74) is 1.88. The van der Waals surface area contributed by atoms with Crippen LogP contribution in [0.1, 0.15) is 49.7 Å². The summed E-state index contributed by atoms with van der Waals surface area (Å²) in [6, 6.07) is 24.8. The van der Waals surface area contributed by atoms with E-state index in [2.05, 4.69) is 0 Å². The number of para-hydroxylation sites is 1. The van der Waals surface area contributed by atoms with E-state index in [1.807, 2.05) is 105 Å². The third kappa shape index (κ3) is 5.33. The molecule has 0 saturated carbocycles. The van der Waals surface area contributed by atoms with Crippen LogP contribution in [0.5, 0.6) is 11.5 Å². The average Bonchev–Trinajstić information content (AvgIpc) is 2.81. The number of aliphatic hydroxyl groups is 2. The zero-order chi connectivity index (χ0) is 22.7. The Morgan fingerprint density at radius 2 is 1.70 bits per heavy atom. The minimum Gasteiger partial charge on any atom is -0.489 e. The number of nitrogens with zero attached hydrogens (tertiary/aromatic N) is 1. The van der Waals surface area contributed by atoms with Crippen LogP contribution >= 0.6 is 12.4 Å². The Balaban J connectivity index is 0.00000306. The molecule has 0 saturated heterocycles. The highest BCUT2D eigenvalue weighted by Crippen LogP contribution is 2.44. The van der Waals surface area contributed by atoms with Crippen LogP contribution in [0.4, 0.5) is 0 Å². The normalized spacial score (nSPS) is 19.7. The molecule has 3 aromatic rings. The van der Waals surface area contributed by atoms with Gasteiger partial charge in [-0.2, -0.15) is 0 Å². The lowest BCUT2D eigenvalue weighted by Gasteiger charge is -2.47. The molecule has 3 atom stereocenters. The number of hydrogen-bond donors (Lipinski definition) is 2. The molecule has 0 bridgehead atoms. The minimum absolute atomic E-state index is 0. The molecule has 0 amide bonds. The van der Waals surface area contributed by atoms with Crippen LogP contribution in [-0.2, 0) is 6.61 Å². The summed E-state index contributed by atoms with van der Waals surface area (Å²) in [6.45, 7) is 6.73. The number of hydrogen-bond acceptors (Lipinski definition) is 5. The van der Waals surface area contributed by atoms with E-state index in [0.717, 1.165) is 16.9 Å². The van der Waals surface area contributed by atoms with Crippen LogP contribution in [0.25, 0.3) is 0 Å². The van der Waals surface area contributed by atoms with Gasteiger partial charge in [-0.15, -0.1) is 12.4 Å². The predicted octanol–water partition coefficient (Wildman–Crippen LogP) is 5.27. The molecule has 0 fully saturated rings. The lowest BCUT2D eigenvalue weighted by Crippen LogP contribution is -2.54. The molecule has 6 heteroatoms. The van der Waals surface area contributed by atoms with Crippen LogP contribution in [-0.4, -0.2) is 33.4 Å². The number of ether oxygens (including phenoxy) is 2. The first-order chi connectivity index (χ1) is 15.4. The van der Waals surface area contributed by atoms with E-state index in [-0.39, 0.29) is 12.4 Å². The molecule has 1 heterocycles. The van der Waals surface area contributed by atoms with Crippen molar-refractivity contribution in [3.8, 4) is 11.5 Å². The highest BCUT2D eigenvalue weighted by atomic mass is 35.5. The van der Waals surface area contributed by atoms with Crippen LogP contribution in [0, 0.1) is 0 Å². The molecule has 3 unspecified atom stereocenters. The number of rotatable bonds is 7. The molecule has 0 spiro atoms. The maximum atomic E-state index is 11.4. The Labute approximate surface area is 202 Å². The number of halogens is 1. The standard InChI is InChI=1S/C27H31NO4.ClH/c1-4-28(24-22-15-8-9-16-23(22)32-27(2,3)25(24)29)26(30)20-13-10-14-21(17-20)31-18-19-11-6-5-7-12-19;/h5-17,24-26,29-30H,4,18H2,1-3H3;1H. The van der Waals surface area contributed by atoms with Crippen molar-refractivity contribution >= 4 is 12.4 Å². The molecule has 4 rings (SSSR count). The van der Waals surface area contributed by atoms with Gasteiger partial charge in [-0.25, -0.2) is 0 Å². The molecule has 0 aromatic heterocycles. The lowest BCUT2D eigenvalue weighted by atomic mass is 9.85. The molecule has 176 valence electrons. The van der Waals surface area contributed by atoms with Gasteiger partial charge in [0.1, 0.15) is 36.0 Å². The number of aliphatic hydroxyl groups excluding tert-OH is 2. The van der Waals surface area contributed by atoms with Gasteiger partial charge in [0, 0.05) is 5.56 Å². The Kier molecular flexibility index (Phi) is 8.03. The summed E-state index contributed by atoms with van der Waals surface area (Å²) in [6.07, 6.45) is -1.73. The Morgan fingerprint density at radius 3 is 2.42 bits per heavy atom. The van der Waals surface area contributed by atoms with Gasteiger partial charge in [-0.05, 0) is 49.7 Å². The smallest absolute Gasteiger partial charge is 0.134 e. The van der Waals surface area contributed by atoms with Crippen molar-refractivity contribution in [2.24, 2.45) is 0 Å². The monoisotopic (exact) mass is 469 g/mol. The number of benzene rings is 3. The van der Waals surface area contributed by atoms with Crippen LogP contribution < -0.4 is 9.47 Å². The highest BCUT2D eigenvalue weighted by molar-refractivity contribution is 5.85. The van der Waals surface area contributed by atoms with Gasteiger partial charge < -0.3 is 19.7 Å². The Morgan fingerprint density at radius 1 is 1.00 bits per heavy atom. The first-order valence-electron chi connectivity index (χ1n) is 11.1. The van der Waals surface area contributed by atoms with Gasteiger partial charge in [0.15, 0.2) is 0 Å². The molecule has 0 aliphatic carbocycles. The molecule has 1 aliphatic rings. The van der Waals surface area contributed by atoms with Gasteiger partial charge in [-0.1, -0.05) is 67.6 Å². The second kappa shape index (κ2) is 10.6. The summed E-state index contributed by atoms with van der Waals surface area (Å²) in [4.78, 5) is 1.91. The number of likely N-dealkylation sites (N-methyl/N-ethyl adjacent to an activating group) is 1. The van der Waals surface area contributed by atoms with Crippen molar-refractivity contribution in [3.05, 3.63) is 95.6 Å². The zero-order valence-electron chi connectivity index (χ0n) is 19.2. The molecule has 5 nitrogen and oxygen atoms in total. The first-order valence-corrected chi connectivity index (χ1v) is 11.1. The van der Waals surface area contributed by atoms with Crippen molar-refractivity contribution in [2.45, 2.75) is 51.4 Å². The summed E-state index contributed by atoms with van der Waals surface area (Å²) in [5.74, 6) is 1.42. The Bertz CT molecular complexity index is 1040. The summed E-state index contributed by atoms with van der Waals surface area (Å²) >= 11 is 0. The van der Waals surface area contributed by atoms with Crippen molar-refractivity contribution in [2.75, 3.05) is 6.54 Å². The largest absolute Gasteiger partial charge is 0.489 e. The zero-order valence-corrected chi connectivity index (χ0v) is 20.0. The topological polar surface area (TPSA) is 62.2 Å². The van der Waals surface area contributed by atoms with Crippen LogP contribution in [0.15, 0.2) is 78.9 Å². The van der Waals surface area contributed by atoms with Gasteiger partial charge in [0.05, 0.1) is 6.04 Å². The van der Waals surface area contributed by atoms with Crippen LogP contribution in [0.2, 0.25) is 0 Å². The van der Waals surface area contributed by atoms with Gasteiger partial charge in [0.2, 0.25) is 0 Å². The van der Waals surface area contributed by atoms with E-state index in [1.165, 1.54) is 0 Å². The van der Waals surface area contributed by atoms with E-state index in [4.69, 9.17) is 9.47 Å². The number of fused-ring (bicyclic) bond motifs is 1. The average molecular weight is 470 g/mol. The fourth-order valence-corrected chi connectivity index (χ4v) is 4.29. The van der Waals surface area contributed by atoms with Gasteiger partial charge in [-0.3, -0.25) is 4.90 Å². The van der Waals surface area contributed by atoms with E-state index >= 15 is 0 Å². The second-order valence-electron chi connectivity index (χ2n) is 8.68. The molecular formula is C27H32ClNO4. The van der Waals surface area contributed by atoms with Gasteiger partial charge in [0.25, 0.3) is 0 Å². The SMILES string of the molecule is CCN(C(O)c1cccc(OCc2ccccc2)c1)C1c2ccccc2OC(C)(C)C1O.Cl. The van der Waals surface area contributed by atoms with E-state index in [9.17, 15) is 10.2 Å². The third-order valence-corrected chi connectivity index (χ3v) is 6.06. The van der Waals surface area contributed by atoms with Crippen LogP contribution in [0.3, 0.4) is 0 Å². The fourth-order valence-electron chi connectivity index (χ4n) is 4.29. The summed E-state index contributed by atoms with van der Waals surface area (Å²) < 4.78 is 12.0. The maximum absolute atomic E-state index is 11.4. The lowest BCUT2D eigenvalue weighted by molar-refractivity contribution is -0.130. The van der Waals surface area contributed by atoms with Crippen molar-refractivity contribution in [1.82, 2.24) is 4.90 Å². The maximum Gasteiger partial charge on any atom is 0.134 e. The third-order valence-electron chi connectivity index (χ3n) is 6.06. The fraction of sp³-hybridized carbons (Fsp3) is 0.333. The first kappa shape index (κ1) is 25.1. The second-order valence-corrected chi connectivity index (χ2v) is 8.68. The molecule has 2 N–H and O–H groups in total. The van der Waals surface area contributed by atoms with Gasteiger partial charge >= 0.3 is 0 Å². The molecule has 1 aliphatic heterocycles. The Hall–Kier alpha value is -2.57. The minimum atomic E-state index is -0.915. The van der Waals surface area contributed by atoms with Crippen molar-refractivity contribution < 1.29 is 19.7 Å². The quantitative estimate of drug-likeness (QED) is 0.461.